The van der Waals surface area contributed by atoms with Crippen LogP contribution in [0.25, 0.3) is 0 Å². The Morgan fingerprint density at radius 2 is 1.80 bits per heavy atom. The molecule has 1 unspecified atom stereocenters. The summed E-state index contributed by atoms with van der Waals surface area (Å²) in [4.78, 5) is 10.7. The van der Waals surface area contributed by atoms with Gasteiger partial charge in [-0.15, -0.1) is 0 Å². The van der Waals surface area contributed by atoms with E-state index in [4.69, 9.17) is 9.84 Å². The SMILES string of the molecule is CCCCCC(C)CCCOc1ccc(C(=O)O)cc1. The van der Waals surface area contributed by atoms with Gasteiger partial charge in [-0.1, -0.05) is 39.5 Å². The Morgan fingerprint density at radius 1 is 1.15 bits per heavy atom. The predicted molar refractivity (Wildman–Crippen MR) is 81.4 cm³/mol. The zero-order valence-corrected chi connectivity index (χ0v) is 12.6. The molecule has 3 nitrogen and oxygen atoms in total. The van der Waals surface area contributed by atoms with Gasteiger partial charge in [-0.3, -0.25) is 0 Å². The largest absolute Gasteiger partial charge is 0.494 e. The minimum atomic E-state index is -0.905. The highest BCUT2D eigenvalue weighted by atomic mass is 16.5. The molecule has 0 bridgehead atoms. The molecular formula is C17H26O3. The average molecular weight is 278 g/mol. The van der Waals surface area contributed by atoms with Crippen LogP contribution in [0.1, 0.15) is 62.7 Å². The maximum Gasteiger partial charge on any atom is 0.335 e. The van der Waals surface area contributed by atoms with E-state index in [1.807, 2.05) is 0 Å². The van der Waals surface area contributed by atoms with E-state index in [-0.39, 0.29) is 0 Å². The zero-order valence-electron chi connectivity index (χ0n) is 12.6. The molecule has 1 aromatic carbocycles. The molecule has 112 valence electrons. The summed E-state index contributed by atoms with van der Waals surface area (Å²) >= 11 is 0. The molecule has 3 heteroatoms. The summed E-state index contributed by atoms with van der Waals surface area (Å²) in [5, 5.41) is 8.80. The van der Waals surface area contributed by atoms with Crippen LogP contribution in [-0.4, -0.2) is 17.7 Å². The monoisotopic (exact) mass is 278 g/mol. The predicted octanol–water partition coefficient (Wildman–Crippen LogP) is 4.76. The van der Waals surface area contributed by atoms with Crippen LogP contribution in [0.5, 0.6) is 5.75 Å². The normalized spacial score (nSPS) is 12.1. The highest BCUT2D eigenvalue weighted by Gasteiger charge is 2.04. The second-order valence-corrected chi connectivity index (χ2v) is 5.42. The van der Waals surface area contributed by atoms with Gasteiger partial charge in [0.05, 0.1) is 12.2 Å². The van der Waals surface area contributed by atoms with E-state index < -0.39 is 5.97 Å². The van der Waals surface area contributed by atoms with E-state index in [0.29, 0.717) is 12.2 Å². The van der Waals surface area contributed by atoms with E-state index >= 15 is 0 Å². The first-order valence-electron chi connectivity index (χ1n) is 7.59. The van der Waals surface area contributed by atoms with Crippen molar-refractivity contribution in [2.75, 3.05) is 6.61 Å². The van der Waals surface area contributed by atoms with E-state index in [9.17, 15) is 4.79 Å². The summed E-state index contributed by atoms with van der Waals surface area (Å²) in [6.07, 6.45) is 7.49. The molecule has 1 N–H and O–H groups in total. The van der Waals surface area contributed by atoms with Gasteiger partial charge in [0.2, 0.25) is 0 Å². The minimum absolute atomic E-state index is 0.293. The number of aromatic carboxylic acids is 1. The zero-order chi connectivity index (χ0) is 14.8. The van der Waals surface area contributed by atoms with E-state index in [0.717, 1.165) is 18.1 Å². The number of ether oxygens (including phenoxy) is 1. The summed E-state index contributed by atoms with van der Waals surface area (Å²) in [6.45, 7) is 5.23. The Kier molecular flexibility index (Phi) is 7.78. The number of carboxylic acid groups (broad SMARTS) is 1. The van der Waals surface area contributed by atoms with Crippen LogP contribution in [0.3, 0.4) is 0 Å². The molecule has 0 saturated heterocycles. The van der Waals surface area contributed by atoms with E-state index in [1.54, 1.807) is 24.3 Å². The first kappa shape index (κ1) is 16.5. The lowest BCUT2D eigenvalue weighted by Gasteiger charge is -2.11. The van der Waals surface area contributed by atoms with Gasteiger partial charge >= 0.3 is 5.97 Å². The van der Waals surface area contributed by atoms with Gasteiger partial charge in [-0.05, 0) is 43.0 Å². The van der Waals surface area contributed by atoms with Crippen LogP contribution in [0.15, 0.2) is 24.3 Å². The molecule has 0 aliphatic carbocycles. The van der Waals surface area contributed by atoms with Gasteiger partial charge in [0, 0.05) is 0 Å². The Hall–Kier alpha value is -1.51. The number of hydrogen-bond acceptors (Lipinski definition) is 2. The molecule has 1 aromatic rings. The quantitative estimate of drug-likeness (QED) is 0.628. The maximum absolute atomic E-state index is 10.7. The molecular weight excluding hydrogens is 252 g/mol. The fraction of sp³-hybridized carbons (Fsp3) is 0.588. The summed E-state index contributed by atoms with van der Waals surface area (Å²) in [5.74, 6) is 0.602. The Morgan fingerprint density at radius 3 is 2.40 bits per heavy atom. The third-order valence-electron chi connectivity index (χ3n) is 3.51. The van der Waals surface area contributed by atoms with Crippen LogP contribution in [0.2, 0.25) is 0 Å². The lowest BCUT2D eigenvalue weighted by atomic mass is 9.98. The van der Waals surface area contributed by atoms with Crippen molar-refractivity contribution in [3.05, 3.63) is 29.8 Å². The van der Waals surface area contributed by atoms with Gasteiger partial charge in [-0.2, -0.15) is 0 Å². The molecule has 0 aromatic heterocycles. The first-order chi connectivity index (χ1) is 9.63. The fourth-order valence-corrected chi connectivity index (χ4v) is 2.20. The van der Waals surface area contributed by atoms with Crippen molar-refractivity contribution in [2.24, 2.45) is 5.92 Å². The number of rotatable bonds is 10. The second kappa shape index (κ2) is 9.40. The molecule has 0 spiro atoms. The van der Waals surface area contributed by atoms with Crippen molar-refractivity contribution in [3.63, 3.8) is 0 Å². The van der Waals surface area contributed by atoms with Crippen molar-refractivity contribution < 1.29 is 14.6 Å². The van der Waals surface area contributed by atoms with Gasteiger partial charge in [0.1, 0.15) is 5.75 Å². The Bertz CT molecular complexity index is 384. The van der Waals surface area contributed by atoms with Gasteiger partial charge in [0.25, 0.3) is 0 Å². The topological polar surface area (TPSA) is 46.5 Å². The molecule has 0 aliphatic heterocycles. The number of unbranched alkanes of at least 4 members (excludes halogenated alkanes) is 2. The van der Waals surface area contributed by atoms with Crippen molar-refractivity contribution in [2.45, 2.75) is 52.4 Å². The molecule has 0 radical (unpaired) electrons. The average Bonchev–Trinajstić information content (AvgIpc) is 2.44. The third-order valence-corrected chi connectivity index (χ3v) is 3.51. The highest BCUT2D eigenvalue weighted by molar-refractivity contribution is 5.87. The molecule has 0 fully saturated rings. The molecule has 1 rings (SSSR count). The molecule has 20 heavy (non-hydrogen) atoms. The lowest BCUT2D eigenvalue weighted by Crippen LogP contribution is -2.02. The standard InChI is InChI=1S/C17H26O3/c1-3-4-5-7-14(2)8-6-13-20-16-11-9-15(10-12-16)17(18)19/h9-12,14H,3-8,13H2,1-2H3,(H,18,19). The number of carbonyl (C=O) groups is 1. The van der Waals surface area contributed by atoms with Crippen LogP contribution < -0.4 is 4.74 Å². The van der Waals surface area contributed by atoms with Gasteiger partial charge < -0.3 is 9.84 Å². The Balaban J connectivity index is 2.16. The van der Waals surface area contributed by atoms with Crippen molar-refractivity contribution in [1.82, 2.24) is 0 Å². The van der Waals surface area contributed by atoms with Gasteiger partial charge in [-0.25, -0.2) is 4.79 Å². The van der Waals surface area contributed by atoms with Gasteiger partial charge in [0.15, 0.2) is 0 Å². The van der Waals surface area contributed by atoms with Crippen LogP contribution in [0.4, 0.5) is 0 Å². The van der Waals surface area contributed by atoms with Crippen molar-refractivity contribution in [3.8, 4) is 5.75 Å². The van der Waals surface area contributed by atoms with Crippen molar-refractivity contribution >= 4 is 5.97 Å². The Labute approximate surface area is 122 Å². The second-order valence-electron chi connectivity index (χ2n) is 5.42. The summed E-state index contributed by atoms with van der Waals surface area (Å²) in [7, 11) is 0. The number of carboxylic acids is 1. The molecule has 0 aliphatic rings. The van der Waals surface area contributed by atoms with E-state index in [2.05, 4.69) is 13.8 Å². The molecule has 0 saturated carbocycles. The van der Waals surface area contributed by atoms with Crippen LogP contribution in [0, 0.1) is 5.92 Å². The minimum Gasteiger partial charge on any atom is -0.494 e. The third kappa shape index (κ3) is 6.60. The number of benzene rings is 1. The highest BCUT2D eigenvalue weighted by Crippen LogP contribution is 2.16. The molecule has 0 heterocycles. The summed E-state index contributed by atoms with van der Waals surface area (Å²) < 4.78 is 5.62. The number of hydrogen-bond donors (Lipinski definition) is 1. The fourth-order valence-electron chi connectivity index (χ4n) is 2.20. The van der Waals surface area contributed by atoms with Crippen LogP contribution >= 0.6 is 0 Å². The van der Waals surface area contributed by atoms with Crippen molar-refractivity contribution in [1.29, 1.82) is 0 Å². The smallest absolute Gasteiger partial charge is 0.335 e. The molecule has 0 amide bonds. The maximum atomic E-state index is 10.7. The van der Waals surface area contributed by atoms with E-state index in [1.165, 1.54) is 32.1 Å². The molecule has 1 atom stereocenters. The van der Waals surface area contributed by atoms with Crippen LogP contribution in [-0.2, 0) is 0 Å². The summed E-state index contributed by atoms with van der Waals surface area (Å²) in [6, 6.07) is 6.58. The first-order valence-corrected chi connectivity index (χ1v) is 7.59. The lowest BCUT2D eigenvalue weighted by molar-refractivity contribution is 0.0697. The summed E-state index contributed by atoms with van der Waals surface area (Å²) in [5.41, 5.74) is 0.293.